The molecule has 1 aliphatic heterocycles. The number of sulfone groups is 1. The first kappa shape index (κ1) is 19.3. The molecule has 8 heteroatoms. The van der Waals surface area contributed by atoms with E-state index >= 15 is 0 Å². The Hall–Kier alpha value is -1.02. The summed E-state index contributed by atoms with van der Waals surface area (Å²) in [7, 11) is -3.02. The summed E-state index contributed by atoms with van der Waals surface area (Å²) < 4.78 is 25.4. The first-order valence-corrected chi connectivity index (χ1v) is 11.1. The molecular formula is C16H27N3O3S2. The molecule has 1 aromatic heterocycles. The summed E-state index contributed by atoms with van der Waals surface area (Å²) in [6.07, 6.45) is 2.66. The maximum Gasteiger partial charge on any atom is 0.230 e. The number of rotatable bonds is 7. The minimum absolute atomic E-state index is 0.0275. The summed E-state index contributed by atoms with van der Waals surface area (Å²) in [5, 5.41) is 3.75. The highest BCUT2D eigenvalue weighted by molar-refractivity contribution is 7.99. The molecule has 0 spiro atoms. The first-order chi connectivity index (χ1) is 11.2. The third-order valence-electron chi connectivity index (χ3n) is 4.43. The summed E-state index contributed by atoms with van der Waals surface area (Å²) in [6.45, 7) is 8.88. The number of aryl methyl sites for hydroxylation is 1. The molecule has 1 aliphatic rings. The fraction of sp³-hybridized carbons (Fsp3) is 0.750. The zero-order valence-electron chi connectivity index (χ0n) is 14.9. The summed E-state index contributed by atoms with van der Waals surface area (Å²) in [5.74, 6) is 0.286. The van der Waals surface area contributed by atoms with E-state index in [0.29, 0.717) is 6.42 Å². The quantitative estimate of drug-likeness (QED) is 0.740. The zero-order valence-corrected chi connectivity index (χ0v) is 16.5. The van der Waals surface area contributed by atoms with E-state index in [1.165, 1.54) is 11.8 Å². The van der Waals surface area contributed by atoms with E-state index in [0.717, 1.165) is 35.9 Å². The Bertz CT molecular complexity index is 712. The third-order valence-corrected chi connectivity index (χ3v) is 7.31. The van der Waals surface area contributed by atoms with Crippen molar-refractivity contribution in [3.63, 3.8) is 0 Å². The number of nitrogens with one attached hydrogen (secondary N) is 1. The lowest BCUT2D eigenvalue weighted by Crippen LogP contribution is -2.47. The molecule has 1 N–H and O–H groups in total. The van der Waals surface area contributed by atoms with E-state index in [1.807, 2.05) is 13.8 Å². The monoisotopic (exact) mass is 373 g/mol. The molecular weight excluding hydrogens is 346 g/mol. The van der Waals surface area contributed by atoms with Gasteiger partial charge in [-0.05, 0) is 33.6 Å². The summed E-state index contributed by atoms with van der Waals surface area (Å²) in [6, 6.07) is 0. The molecule has 136 valence electrons. The number of carbonyl (C=O) groups is 1. The molecule has 1 fully saturated rings. The maximum absolute atomic E-state index is 12.2. The average molecular weight is 374 g/mol. The largest absolute Gasteiger partial charge is 0.349 e. The van der Waals surface area contributed by atoms with Crippen molar-refractivity contribution in [2.45, 2.75) is 64.2 Å². The highest BCUT2D eigenvalue weighted by Gasteiger charge is 2.39. The Morgan fingerprint density at radius 3 is 2.71 bits per heavy atom. The molecule has 1 saturated heterocycles. The van der Waals surface area contributed by atoms with Gasteiger partial charge < -0.3 is 9.88 Å². The lowest BCUT2D eigenvalue weighted by atomic mass is 10.0. The molecule has 2 rings (SSSR count). The molecule has 0 saturated carbocycles. The van der Waals surface area contributed by atoms with E-state index in [-0.39, 0.29) is 23.2 Å². The van der Waals surface area contributed by atoms with Crippen LogP contribution in [-0.2, 0) is 21.2 Å². The van der Waals surface area contributed by atoms with E-state index in [1.54, 1.807) is 6.92 Å². The Kier molecular flexibility index (Phi) is 6.01. The van der Waals surface area contributed by atoms with Crippen molar-refractivity contribution in [1.82, 2.24) is 14.9 Å². The smallest absolute Gasteiger partial charge is 0.230 e. The van der Waals surface area contributed by atoms with Gasteiger partial charge in [0, 0.05) is 12.2 Å². The van der Waals surface area contributed by atoms with Gasteiger partial charge in [0.25, 0.3) is 0 Å². The second kappa shape index (κ2) is 7.47. The van der Waals surface area contributed by atoms with Crippen molar-refractivity contribution >= 4 is 27.5 Å². The van der Waals surface area contributed by atoms with Gasteiger partial charge in [0.1, 0.15) is 0 Å². The van der Waals surface area contributed by atoms with Gasteiger partial charge in [-0.1, -0.05) is 25.1 Å². The van der Waals surface area contributed by atoms with Crippen LogP contribution < -0.4 is 5.32 Å². The SMILES string of the molecule is CCCCn1c(SCC(=O)NC2(C)CCS(=O)(=O)C2)nc(C)c1C. The molecule has 1 aromatic rings. The number of thioether (sulfide) groups is 1. The first-order valence-electron chi connectivity index (χ1n) is 8.34. The average Bonchev–Trinajstić information content (AvgIpc) is 2.91. The molecule has 2 heterocycles. The van der Waals surface area contributed by atoms with Crippen LogP contribution in [0.4, 0.5) is 0 Å². The van der Waals surface area contributed by atoms with Gasteiger partial charge in [-0.3, -0.25) is 4.79 Å². The number of hydrogen-bond acceptors (Lipinski definition) is 5. The van der Waals surface area contributed by atoms with Crippen LogP contribution in [0.3, 0.4) is 0 Å². The van der Waals surface area contributed by atoms with Crippen molar-refractivity contribution < 1.29 is 13.2 Å². The molecule has 6 nitrogen and oxygen atoms in total. The summed E-state index contributed by atoms with van der Waals surface area (Å²) in [4.78, 5) is 16.8. The Morgan fingerprint density at radius 2 is 2.12 bits per heavy atom. The number of aromatic nitrogens is 2. The lowest BCUT2D eigenvalue weighted by molar-refractivity contribution is -0.120. The van der Waals surface area contributed by atoms with Crippen molar-refractivity contribution in [2.75, 3.05) is 17.3 Å². The standard InChI is InChI=1S/C16H27N3O3S2/c1-5-6-8-19-13(3)12(2)17-15(19)23-10-14(20)18-16(4)7-9-24(21,22)11-16/h5-11H2,1-4H3,(H,18,20). The van der Waals surface area contributed by atoms with Crippen LogP contribution >= 0.6 is 11.8 Å². The van der Waals surface area contributed by atoms with Gasteiger partial charge >= 0.3 is 0 Å². The Labute approximate surface area is 148 Å². The number of hydrogen-bond donors (Lipinski definition) is 1. The van der Waals surface area contributed by atoms with E-state index in [4.69, 9.17) is 0 Å². The van der Waals surface area contributed by atoms with Crippen molar-refractivity contribution in [1.29, 1.82) is 0 Å². The fourth-order valence-corrected chi connectivity index (χ4v) is 5.94. The van der Waals surface area contributed by atoms with Gasteiger partial charge in [-0.25, -0.2) is 13.4 Å². The molecule has 0 bridgehead atoms. The van der Waals surface area contributed by atoms with Crippen LogP contribution in [0, 0.1) is 13.8 Å². The fourth-order valence-electron chi connectivity index (χ4n) is 2.93. The maximum atomic E-state index is 12.2. The number of imidazole rings is 1. The van der Waals surface area contributed by atoms with Crippen LogP contribution in [0.25, 0.3) is 0 Å². The van der Waals surface area contributed by atoms with Crippen molar-refractivity contribution in [3.05, 3.63) is 11.4 Å². The lowest BCUT2D eigenvalue weighted by Gasteiger charge is -2.23. The van der Waals surface area contributed by atoms with Gasteiger partial charge in [0.15, 0.2) is 15.0 Å². The molecule has 1 atom stereocenters. The van der Waals surface area contributed by atoms with Gasteiger partial charge in [0.05, 0.1) is 28.5 Å². The Balaban J connectivity index is 1.96. The Morgan fingerprint density at radius 1 is 1.42 bits per heavy atom. The highest BCUT2D eigenvalue weighted by atomic mass is 32.2. The van der Waals surface area contributed by atoms with Gasteiger partial charge in [-0.15, -0.1) is 0 Å². The van der Waals surface area contributed by atoms with E-state index < -0.39 is 15.4 Å². The van der Waals surface area contributed by atoms with E-state index in [9.17, 15) is 13.2 Å². The highest BCUT2D eigenvalue weighted by Crippen LogP contribution is 2.25. The summed E-state index contributed by atoms with van der Waals surface area (Å²) in [5.41, 5.74) is 1.49. The van der Waals surface area contributed by atoms with Gasteiger partial charge in [0.2, 0.25) is 5.91 Å². The van der Waals surface area contributed by atoms with Gasteiger partial charge in [-0.2, -0.15) is 0 Å². The molecule has 0 aliphatic carbocycles. The van der Waals surface area contributed by atoms with Crippen LogP contribution in [0.15, 0.2) is 5.16 Å². The topological polar surface area (TPSA) is 81.1 Å². The van der Waals surface area contributed by atoms with Crippen LogP contribution in [0.5, 0.6) is 0 Å². The molecule has 1 amide bonds. The number of nitrogens with zero attached hydrogens (tertiary/aromatic N) is 2. The number of unbranched alkanes of at least 4 members (excludes halogenated alkanes) is 1. The molecule has 24 heavy (non-hydrogen) atoms. The molecule has 1 unspecified atom stereocenters. The number of amides is 1. The van der Waals surface area contributed by atoms with Crippen LogP contribution in [-0.4, -0.2) is 46.7 Å². The minimum atomic E-state index is -3.02. The predicted molar refractivity (Wildman–Crippen MR) is 97.2 cm³/mol. The second-order valence-corrected chi connectivity index (χ2v) is 9.94. The summed E-state index contributed by atoms with van der Waals surface area (Å²) >= 11 is 1.41. The predicted octanol–water partition coefficient (Wildman–Crippen LogP) is 2.09. The second-order valence-electron chi connectivity index (χ2n) is 6.81. The normalized spacial score (nSPS) is 22.7. The van der Waals surface area contributed by atoms with Crippen molar-refractivity contribution in [3.8, 4) is 0 Å². The third kappa shape index (κ3) is 4.75. The van der Waals surface area contributed by atoms with E-state index in [2.05, 4.69) is 21.8 Å². The van der Waals surface area contributed by atoms with Crippen LogP contribution in [0.1, 0.15) is 44.5 Å². The minimum Gasteiger partial charge on any atom is -0.349 e. The van der Waals surface area contributed by atoms with Crippen molar-refractivity contribution in [2.24, 2.45) is 0 Å². The zero-order chi connectivity index (χ0) is 18.0. The molecule has 0 radical (unpaired) electrons. The van der Waals surface area contributed by atoms with Crippen LogP contribution in [0.2, 0.25) is 0 Å². The molecule has 0 aromatic carbocycles. The number of carbonyl (C=O) groups excluding carboxylic acids is 1.